The number of carbonyl (C=O) groups is 1. The maximum absolute atomic E-state index is 11.8. The van der Waals surface area contributed by atoms with Gasteiger partial charge in [-0.25, -0.2) is 0 Å². The van der Waals surface area contributed by atoms with Gasteiger partial charge in [-0.2, -0.15) is 5.26 Å². The minimum Gasteiger partial charge on any atom is -0.489 e. The molecule has 0 amide bonds. The molecule has 30 heavy (non-hydrogen) atoms. The van der Waals surface area contributed by atoms with Crippen molar-refractivity contribution in [3.05, 3.63) is 95.6 Å². The highest BCUT2D eigenvalue weighted by molar-refractivity contribution is 5.78. The lowest BCUT2D eigenvalue weighted by Crippen LogP contribution is -2.23. The Kier molecular flexibility index (Phi) is 6.87. The molecule has 4 heteroatoms. The molecule has 0 spiro atoms. The number of ether oxygens (including phenoxy) is 2. The van der Waals surface area contributed by atoms with E-state index < -0.39 is 5.41 Å². The number of ketones is 1. The zero-order valence-corrected chi connectivity index (χ0v) is 17.3. The van der Waals surface area contributed by atoms with Gasteiger partial charge in [0.2, 0.25) is 0 Å². The van der Waals surface area contributed by atoms with Crippen LogP contribution in [0.3, 0.4) is 0 Å². The first-order valence-electron chi connectivity index (χ1n) is 9.88. The molecule has 0 aliphatic heterocycles. The van der Waals surface area contributed by atoms with Crippen molar-refractivity contribution in [3.8, 4) is 17.6 Å². The number of hydrogen-bond acceptors (Lipinski definition) is 4. The van der Waals surface area contributed by atoms with Crippen LogP contribution in [0.1, 0.15) is 37.0 Å². The summed E-state index contributed by atoms with van der Waals surface area (Å²) in [7, 11) is 0. The number of carbonyl (C=O) groups excluding carboxylic acids is 1. The summed E-state index contributed by atoms with van der Waals surface area (Å²) in [6.07, 6.45) is 0.129. The number of benzene rings is 3. The van der Waals surface area contributed by atoms with Crippen LogP contribution in [0.15, 0.2) is 78.9 Å². The van der Waals surface area contributed by atoms with Crippen molar-refractivity contribution in [3.63, 3.8) is 0 Å². The van der Waals surface area contributed by atoms with Gasteiger partial charge in [-0.15, -0.1) is 0 Å². The van der Waals surface area contributed by atoms with E-state index in [0.29, 0.717) is 30.3 Å². The molecule has 4 nitrogen and oxygen atoms in total. The van der Waals surface area contributed by atoms with Gasteiger partial charge in [0.1, 0.15) is 30.5 Å². The fourth-order valence-electron chi connectivity index (χ4n) is 3.24. The van der Waals surface area contributed by atoms with Crippen molar-refractivity contribution in [1.82, 2.24) is 0 Å². The van der Waals surface area contributed by atoms with Gasteiger partial charge in [-0.05, 0) is 42.7 Å². The second-order valence-electron chi connectivity index (χ2n) is 7.56. The molecule has 0 saturated carbocycles. The van der Waals surface area contributed by atoms with E-state index in [1.54, 1.807) is 6.92 Å². The van der Waals surface area contributed by atoms with E-state index in [4.69, 9.17) is 9.47 Å². The van der Waals surface area contributed by atoms with Crippen molar-refractivity contribution in [2.75, 3.05) is 0 Å². The third kappa shape index (κ3) is 5.71. The number of Topliss-reactive ketones (excluding diaryl/α,β-unsaturated/α-hetero) is 1. The summed E-state index contributed by atoms with van der Waals surface area (Å²) in [5, 5.41) is 9.80. The van der Waals surface area contributed by atoms with Gasteiger partial charge >= 0.3 is 0 Å². The summed E-state index contributed by atoms with van der Waals surface area (Å²) in [4.78, 5) is 11.8. The highest BCUT2D eigenvalue weighted by Crippen LogP contribution is 2.34. The Hall–Kier alpha value is -3.58. The van der Waals surface area contributed by atoms with E-state index >= 15 is 0 Å². The van der Waals surface area contributed by atoms with E-state index in [2.05, 4.69) is 6.07 Å². The molecule has 0 aliphatic carbocycles. The van der Waals surface area contributed by atoms with Crippen molar-refractivity contribution in [2.45, 2.75) is 38.9 Å². The predicted octanol–water partition coefficient (Wildman–Crippen LogP) is 5.60. The van der Waals surface area contributed by atoms with Crippen LogP contribution in [0.2, 0.25) is 0 Å². The summed E-state index contributed by atoms with van der Waals surface area (Å²) in [6.45, 7) is 4.07. The average molecular weight is 399 g/mol. The van der Waals surface area contributed by atoms with Crippen LogP contribution >= 0.6 is 0 Å². The first-order chi connectivity index (χ1) is 14.5. The Morgan fingerprint density at radius 2 is 1.33 bits per heavy atom. The lowest BCUT2D eigenvalue weighted by atomic mass is 9.79. The summed E-state index contributed by atoms with van der Waals surface area (Å²) in [6, 6.07) is 27.5. The lowest BCUT2D eigenvalue weighted by Gasteiger charge is -2.22. The van der Waals surface area contributed by atoms with E-state index in [-0.39, 0.29) is 12.2 Å². The summed E-state index contributed by atoms with van der Waals surface area (Å²) in [5.74, 6) is 1.16. The highest BCUT2D eigenvalue weighted by Gasteiger charge is 2.29. The van der Waals surface area contributed by atoms with Crippen molar-refractivity contribution in [2.24, 2.45) is 0 Å². The SMILES string of the molecule is CC(=O)CC(C)(C#N)c1cc(OCc2ccccc2)cc(OCc2ccccc2)c1. The van der Waals surface area contributed by atoms with Crippen molar-refractivity contribution in [1.29, 1.82) is 5.26 Å². The van der Waals surface area contributed by atoms with Crippen molar-refractivity contribution < 1.29 is 14.3 Å². The molecule has 0 aliphatic rings. The largest absolute Gasteiger partial charge is 0.489 e. The maximum atomic E-state index is 11.8. The molecule has 0 radical (unpaired) electrons. The van der Waals surface area contributed by atoms with E-state index in [9.17, 15) is 10.1 Å². The highest BCUT2D eigenvalue weighted by atomic mass is 16.5. The van der Waals surface area contributed by atoms with Gasteiger partial charge in [0, 0.05) is 12.5 Å². The van der Waals surface area contributed by atoms with Crippen LogP contribution in [0.25, 0.3) is 0 Å². The summed E-state index contributed by atoms with van der Waals surface area (Å²) in [5.41, 5.74) is 1.83. The fraction of sp³-hybridized carbons (Fsp3) is 0.231. The summed E-state index contributed by atoms with van der Waals surface area (Å²) < 4.78 is 12.0. The Balaban J connectivity index is 1.88. The predicted molar refractivity (Wildman–Crippen MR) is 116 cm³/mol. The summed E-state index contributed by atoms with van der Waals surface area (Å²) >= 11 is 0. The molecule has 1 atom stereocenters. The molecule has 3 rings (SSSR count). The molecule has 152 valence electrons. The molecule has 0 N–H and O–H groups in total. The second kappa shape index (κ2) is 9.76. The Labute approximate surface area is 177 Å². The van der Waals surface area contributed by atoms with Crippen LogP contribution in [0.5, 0.6) is 11.5 Å². The van der Waals surface area contributed by atoms with Crippen LogP contribution in [0.4, 0.5) is 0 Å². The molecule has 0 fully saturated rings. The number of rotatable bonds is 9. The van der Waals surface area contributed by atoms with Crippen LogP contribution in [0, 0.1) is 11.3 Å². The zero-order valence-electron chi connectivity index (χ0n) is 17.3. The van der Waals surface area contributed by atoms with Gasteiger partial charge in [0.25, 0.3) is 0 Å². The molecule has 3 aromatic rings. The Morgan fingerprint density at radius 3 is 1.73 bits per heavy atom. The third-order valence-electron chi connectivity index (χ3n) is 4.86. The monoisotopic (exact) mass is 399 g/mol. The number of nitriles is 1. The van der Waals surface area contributed by atoms with Gasteiger partial charge in [-0.1, -0.05) is 60.7 Å². The molecule has 1 unspecified atom stereocenters. The smallest absolute Gasteiger partial charge is 0.131 e. The van der Waals surface area contributed by atoms with Gasteiger partial charge in [0.05, 0.1) is 11.5 Å². The normalized spacial score (nSPS) is 12.4. The average Bonchev–Trinajstić information content (AvgIpc) is 2.77. The molecular formula is C26H25NO3. The number of hydrogen-bond donors (Lipinski definition) is 0. The van der Waals surface area contributed by atoms with Gasteiger partial charge in [-0.3, -0.25) is 4.79 Å². The Morgan fingerprint density at radius 1 is 0.867 bits per heavy atom. The minimum atomic E-state index is -0.956. The second-order valence-corrected chi connectivity index (χ2v) is 7.56. The quantitative estimate of drug-likeness (QED) is 0.470. The number of nitrogens with zero attached hydrogens (tertiary/aromatic N) is 1. The molecular weight excluding hydrogens is 374 g/mol. The van der Waals surface area contributed by atoms with Crippen LogP contribution < -0.4 is 9.47 Å². The molecule has 0 aromatic heterocycles. The van der Waals surface area contributed by atoms with Crippen molar-refractivity contribution >= 4 is 5.78 Å². The van der Waals surface area contributed by atoms with Gasteiger partial charge < -0.3 is 9.47 Å². The fourth-order valence-corrected chi connectivity index (χ4v) is 3.24. The molecule has 3 aromatic carbocycles. The minimum absolute atomic E-state index is 0.0404. The van der Waals surface area contributed by atoms with Crippen LogP contribution in [-0.2, 0) is 23.4 Å². The lowest BCUT2D eigenvalue weighted by molar-refractivity contribution is -0.117. The van der Waals surface area contributed by atoms with Crippen LogP contribution in [-0.4, -0.2) is 5.78 Å². The van der Waals surface area contributed by atoms with E-state index in [0.717, 1.165) is 11.1 Å². The molecule has 0 heterocycles. The van der Waals surface area contributed by atoms with Gasteiger partial charge in [0.15, 0.2) is 0 Å². The molecule has 0 saturated heterocycles. The molecule has 0 bridgehead atoms. The third-order valence-corrected chi connectivity index (χ3v) is 4.86. The topological polar surface area (TPSA) is 59.3 Å². The first kappa shape index (κ1) is 21.1. The Bertz CT molecular complexity index is 963. The first-order valence-corrected chi connectivity index (χ1v) is 9.88. The zero-order chi connectivity index (χ0) is 21.4. The maximum Gasteiger partial charge on any atom is 0.131 e. The van der Waals surface area contributed by atoms with E-state index in [1.165, 1.54) is 6.92 Å². The van der Waals surface area contributed by atoms with E-state index in [1.807, 2.05) is 78.9 Å². The standard InChI is InChI=1S/C26H25NO3/c1-20(28)16-26(2,19-27)23-13-24(29-17-21-9-5-3-6-10-21)15-25(14-23)30-18-22-11-7-4-8-12-22/h3-15H,16-18H2,1-2H3.